The van der Waals surface area contributed by atoms with Gasteiger partial charge in [-0.1, -0.05) is 18.2 Å². The second-order valence-electron chi connectivity index (χ2n) is 9.44. The maximum absolute atomic E-state index is 12.5. The van der Waals surface area contributed by atoms with Crippen molar-refractivity contribution in [1.29, 1.82) is 0 Å². The minimum Gasteiger partial charge on any atom is -0.480 e. The Bertz CT molecular complexity index is 1130. The molecule has 0 heterocycles. The van der Waals surface area contributed by atoms with Gasteiger partial charge in [-0.3, -0.25) is 28.8 Å². The first-order valence-electron chi connectivity index (χ1n) is 13.0. The Hall–Kier alpha value is -4.45. The molecule has 7 atom stereocenters. The maximum atomic E-state index is 12.5. The van der Waals surface area contributed by atoms with Crippen LogP contribution in [-0.2, 0) is 33.5 Å². The van der Waals surface area contributed by atoms with Crippen LogP contribution in [0.15, 0.2) is 30.3 Å². The number of carboxylic acid groups (broad SMARTS) is 1. The summed E-state index contributed by atoms with van der Waals surface area (Å²) in [5.74, 6) is -5.54. The van der Waals surface area contributed by atoms with Crippen molar-refractivity contribution in [2.75, 3.05) is 13.2 Å². The quantitative estimate of drug-likeness (QED) is 0.0675. The zero-order valence-corrected chi connectivity index (χ0v) is 23.5. The molecular formula is C26H37N5O12. The van der Waals surface area contributed by atoms with Crippen molar-refractivity contribution in [3.63, 3.8) is 0 Å². The van der Waals surface area contributed by atoms with Gasteiger partial charge in [0.25, 0.3) is 5.91 Å². The van der Waals surface area contributed by atoms with Crippen LogP contribution in [0.4, 0.5) is 0 Å². The van der Waals surface area contributed by atoms with Crippen molar-refractivity contribution in [3.8, 4) is 0 Å². The van der Waals surface area contributed by atoms with Gasteiger partial charge in [-0.15, -0.1) is 0 Å². The minimum absolute atomic E-state index is 0.160. The molecule has 17 nitrogen and oxygen atoms in total. The SMILES string of the molecule is CC(NC(=O)CCC(NC(=O)C(C)NC(=O)CO[C@@H]([C@H](O)[C@H](O)CO)[C@H](C=O)NC(=O)c1ccccc1)C(N)=O)C(=O)O. The number of hydrogen-bond acceptors (Lipinski definition) is 11. The topological polar surface area (TPSA) is 284 Å². The Morgan fingerprint density at radius 2 is 1.53 bits per heavy atom. The molecule has 43 heavy (non-hydrogen) atoms. The monoisotopic (exact) mass is 611 g/mol. The highest BCUT2D eigenvalue weighted by atomic mass is 16.5. The molecule has 238 valence electrons. The smallest absolute Gasteiger partial charge is 0.325 e. The zero-order valence-electron chi connectivity index (χ0n) is 23.5. The van der Waals surface area contributed by atoms with Gasteiger partial charge in [0.2, 0.25) is 23.6 Å². The third-order valence-electron chi connectivity index (χ3n) is 6.00. The summed E-state index contributed by atoms with van der Waals surface area (Å²) in [7, 11) is 0. The molecule has 0 spiro atoms. The van der Waals surface area contributed by atoms with Crippen LogP contribution in [0.5, 0.6) is 0 Å². The number of carboxylic acids is 1. The second kappa shape index (κ2) is 18.2. The normalized spacial score (nSPS) is 15.7. The molecule has 0 bridgehead atoms. The number of ether oxygens (including phenoxy) is 1. The first-order valence-corrected chi connectivity index (χ1v) is 13.0. The fourth-order valence-corrected chi connectivity index (χ4v) is 3.51. The summed E-state index contributed by atoms with van der Waals surface area (Å²) in [4.78, 5) is 83.8. The molecule has 0 saturated heterocycles. The van der Waals surface area contributed by atoms with Crippen LogP contribution in [-0.4, -0.2) is 118 Å². The van der Waals surface area contributed by atoms with Crippen molar-refractivity contribution < 1.29 is 58.7 Å². The number of rotatable bonds is 19. The van der Waals surface area contributed by atoms with Gasteiger partial charge in [0, 0.05) is 12.0 Å². The number of nitrogens with one attached hydrogen (secondary N) is 4. The molecule has 1 aromatic carbocycles. The Kier molecular flexibility index (Phi) is 15.5. The number of primary amides is 1. The van der Waals surface area contributed by atoms with E-state index in [-0.39, 0.29) is 24.7 Å². The first-order chi connectivity index (χ1) is 20.2. The number of nitrogens with two attached hydrogens (primary N) is 1. The van der Waals surface area contributed by atoms with Crippen LogP contribution < -0.4 is 27.0 Å². The molecule has 3 unspecified atom stereocenters. The van der Waals surface area contributed by atoms with Crippen molar-refractivity contribution >= 4 is 41.8 Å². The Morgan fingerprint density at radius 1 is 0.930 bits per heavy atom. The largest absolute Gasteiger partial charge is 0.480 e. The molecule has 0 saturated carbocycles. The van der Waals surface area contributed by atoms with Crippen molar-refractivity contribution in [3.05, 3.63) is 35.9 Å². The molecule has 0 radical (unpaired) electrons. The van der Waals surface area contributed by atoms with E-state index in [0.717, 1.165) is 0 Å². The van der Waals surface area contributed by atoms with E-state index in [4.69, 9.17) is 15.6 Å². The van der Waals surface area contributed by atoms with Gasteiger partial charge in [0.1, 0.15) is 55.4 Å². The molecule has 0 aliphatic carbocycles. The number of amides is 5. The molecule has 0 aromatic heterocycles. The molecule has 0 aliphatic heterocycles. The Labute approximate surface area is 246 Å². The third kappa shape index (κ3) is 12.5. The van der Waals surface area contributed by atoms with Crippen LogP contribution in [0, 0.1) is 0 Å². The molecule has 10 N–H and O–H groups in total. The van der Waals surface area contributed by atoms with Crippen LogP contribution in [0.3, 0.4) is 0 Å². The molecule has 0 fully saturated rings. The summed E-state index contributed by atoms with van der Waals surface area (Å²) < 4.78 is 5.32. The molecule has 0 aliphatic rings. The minimum atomic E-state index is -1.93. The number of hydrogen-bond donors (Lipinski definition) is 9. The highest BCUT2D eigenvalue weighted by Crippen LogP contribution is 2.11. The lowest BCUT2D eigenvalue weighted by atomic mass is 10.0. The fourth-order valence-electron chi connectivity index (χ4n) is 3.51. The number of aldehydes is 1. The van der Waals surface area contributed by atoms with Crippen LogP contribution >= 0.6 is 0 Å². The van der Waals surface area contributed by atoms with E-state index < -0.39 is 91.2 Å². The summed E-state index contributed by atoms with van der Waals surface area (Å²) in [6, 6.07) is 2.29. The van der Waals surface area contributed by atoms with E-state index in [1.54, 1.807) is 18.2 Å². The Balaban J connectivity index is 2.80. The molecule has 1 rings (SSSR count). The summed E-state index contributed by atoms with van der Waals surface area (Å²) >= 11 is 0. The van der Waals surface area contributed by atoms with E-state index in [9.17, 15) is 48.9 Å². The van der Waals surface area contributed by atoms with Gasteiger partial charge in [-0.2, -0.15) is 0 Å². The number of benzene rings is 1. The molecular weight excluding hydrogens is 574 g/mol. The predicted molar refractivity (Wildman–Crippen MR) is 146 cm³/mol. The lowest BCUT2D eigenvalue weighted by Crippen LogP contribution is -2.56. The summed E-state index contributed by atoms with van der Waals surface area (Å²) in [6.45, 7) is 0.649. The van der Waals surface area contributed by atoms with Gasteiger partial charge in [-0.05, 0) is 32.4 Å². The first kappa shape index (κ1) is 36.6. The lowest BCUT2D eigenvalue weighted by Gasteiger charge is -2.30. The number of aliphatic hydroxyl groups excluding tert-OH is 3. The van der Waals surface area contributed by atoms with Crippen molar-refractivity contribution in [2.45, 2.75) is 69.2 Å². The van der Waals surface area contributed by atoms with Crippen LogP contribution in [0.1, 0.15) is 37.0 Å². The maximum Gasteiger partial charge on any atom is 0.325 e. The van der Waals surface area contributed by atoms with Gasteiger partial charge in [-0.25, -0.2) is 0 Å². The summed E-state index contributed by atoms with van der Waals surface area (Å²) in [6.07, 6.45) is -5.86. The summed E-state index contributed by atoms with van der Waals surface area (Å²) in [5, 5.41) is 47.4. The number of aliphatic hydroxyl groups is 3. The number of carbonyl (C=O) groups excluding carboxylic acids is 6. The Morgan fingerprint density at radius 3 is 2.07 bits per heavy atom. The van der Waals surface area contributed by atoms with Crippen molar-refractivity contribution in [1.82, 2.24) is 21.3 Å². The zero-order chi connectivity index (χ0) is 32.7. The fraction of sp³-hybridized carbons (Fsp3) is 0.500. The van der Waals surface area contributed by atoms with Gasteiger partial charge in [0.15, 0.2) is 0 Å². The highest BCUT2D eigenvalue weighted by Gasteiger charge is 2.35. The third-order valence-corrected chi connectivity index (χ3v) is 6.00. The highest BCUT2D eigenvalue weighted by molar-refractivity contribution is 5.95. The average molecular weight is 612 g/mol. The second-order valence-corrected chi connectivity index (χ2v) is 9.44. The molecule has 5 amide bonds. The average Bonchev–Trinajstić information content (AvgIpc) is 2.97. The predicted octanol–water partition coefficient (Wildman–Crippen LogP) is -4.07. The van der Waals surface area contributed by atoms with E-state index in [1.807, 2.05) is 0 Å². The van der Waals surface area contributed by atoms with Crippen LogP contribution in [0.25, 0.3) is 0 Å². The van der Waals surface area contributed by atoms with Crippen molar-refractivity contribution in [2.24, 2.45) is 5.73 Å². The van der Waals surface area contributed by atoms with E-state index in [1.165, 1.54) is 26.0 Å². The molecule has 17 heteroatoms. The van der Waals surface area contributed by atoms with Crippen LogP contribution in [0.2, 0.25) is 0 Å². The van der Waals surface area contributed by atoms with Gasteiger partial charge >= 0.3 is 5.97 Å². The van der Waals surface area contributed by atoms with Gasteiger partial charge < -0.3 is 57.0 Å². The van der Waals surface area contributed by atoms with E-state index >= 15 is 0 Å². The van der Waals surface area contributed by atoms with Gasteiger partial charge in [0.05, 0.1) is 6.61 Å². The number of carbonyl (C=O) groups is 7. The number of aliphatic carboxylic acids is 1. The molecule has 1 aromatic rings. The standard InChI is InChI=1S/C26H37N5O12/c1-13(24(39)30-16(23(27)38)8-9-19(35)29-14(2)26(41)42)28-20(36)12-43-22(21(37)18(34)11-33)17(10-32)31-25(40)15-6-4-3-5-7-15/h3-7,10,13-14,16-18,21-22,33-34,37H,8-9,11-12H2,1-2H3,(H2,27,38)(H,28,36)(H,29,35)(H,30,39)(H,31,40)(H,41,42)/t13?,14?,16?,17-,18+,21+,22+/m0/s1. The lowest BCUT2D eigenvalue weighted by molar-refractivity contribution is -0.144. The summed E-state index contributed by atoms with van der Waals surface area (Å²) in [5.41, 5.74) is 5.43. The van der Waals surface area contributed by atoms with E-state index in [2.05, 4.69) is 21.3 Å². The van der Waals surface area contributed by atoms with E-state index in [0.29, 0.717) is 0 Å².